The van der Waals surface area contributed by atoms with Gasteiger partial charge in [-0.3, -0.25) is 0 Å². The van der Waals surface area contributed by atoms with Gasteiger partial charge in [0.2, 0.25) is 0 Å². The third kappa shape index (κ3) is 19.1. The van der Waals surface area contributed by atoms with E-state index in [1.54, 1.807) is 13.0 Å². The average molecular weight is 422 g/mol. The Morgan fingerprint density at radius 2 is 1.25 bits per heavy atom. The van der Waals surface area contributed by atoms with E-state index in [2.05, 4.69) is 27.7 Å². The van der Waals surface area contributed by atoms with Crippen LogP contribution in [0, 0.1) is 0 Å². The fourth-order valence-corrected chi connectivity index (χ4v) is 3.64. The van der Waals surface area contributed by atoms with Gasteiger partial charge in [-0.25, -0.2) is 0 Å². The molecule has 0 fully saturated rings. The van der Waals surface area contributed by atoms with E-state index in [0.717, 1.165) is 0 Å². The molecule has 0 saturated carbocycles. The van der Waals surface area contributed by atoms with Gasteiger partial charge in [-0.15, -0.1) is 0 Å². The first-order valence-corrected chi connectivity index (χ1v) is 13.1. The highest BCUT2D eigenvalue weighted by atomic mass is 31.2. The molecule has 0 spiro atoms. The van der Waals surface area contributed by atoms with Crippen molar-refractivity contribution in [3.05, 3.63) is 11.6 Å². The zero-order valence-corrected chi connectivity index (χ0v) is 20.2. The van der Waals surface area contributed by atoms with Crippen molar-refractivity contribution in [3.8, 4) is 0 Å². The van der Waals surface area contributed by atoms with Crippen LogP contribution >= 0.6 is 7.60 Å². The molecule has 0 bridgehead atoms. The second-order valence-corrected chi connectivity index (χ2v) is 9.73. The van der Waals surface area contributed by atoms with E-state index in [4.69, 9.17) is 10.00 Å². The van der Waals surface area contributed by atoms with Crippen molar-refractivity contribution in [1.82, 2.24) is 0 Å². The van der Waals surface area contributed by atoms with Crippen LogP contribution in [0.2, 0.25) is 0 Å². The molecule has 0 aromatic heterocycles. The molecule has 6 heteroatoms. The van der Waals surface area contributed by atoms with E-state index in [9.17, 15) is 9.46 Å². The van der Waals surface area contributed by atoms with Crippen molar-refractivity contribution in [1.29, 1.82) is 0 Å². The van der Waals surface area contributed by atoms with Gasteiger partial charge >= 0.3 is 0 Å². The zero-order chi connectivity index (χ0) is 21.9. The molecule has 0 aliphatic carbocycles. The molecule has 1 unspecified atom stereocenters. The van der Waals surface area contributed by atoms with E-state index in [1.165, 1.54) is 82.0 Å². The lowest BCUT2D eigenvalue weighted by atomic mass is 10.1. The fraction of sp³-hybridized carbons (Fsp3) is 0.909. The summed E-state index contributed by atoms with van der Waals surface area (Å²) in [6, 6.07) is 0. The average Bonchev–Trinajstić information content (AvgIpc) is 2.66. The van der Waals surface area contributed by atoms with Crippen LogP contribution in [-0.4, -0.2) is 53.4 Å². The van der Waals surface area contributed by atoms with Gasteiger partial charge in [-0.05, 0) is 39.0 Å². The van der Waals surface area contributed by atoms with Crippen LogP contribution in [0.4, 0.5) is 0 Å². The SMILES string of the molecule is C/C(=C/CCP(=O)([O-])O)CO.CCCC[N+](CCCC)(CCCC)CCCC. The summed E-state index contributed by atoms with van der Waals surface area (Å²) < 4.78 is 11.6. The third-order valence-corrected chi connectivity index (χ3v) is 5.92. The Labute approximate surface area is 175 Å². The van der Waals surface area contributed by atoms with E-state index in [-0.39, 0.29) is 19.2 Å². The molecule has 0 radical (unpaired) electrons. The van der Waals surface area contributed by atoms with Gasteiger partial charge in [0.05, 0.1) is 32.8 Å². The fourth-order valence-electron chi connectivity index (χ4n) is 3.18. The molecule has 5 nitrogen and oxygen atoms in total. The number of hydrogen-bond acceptors (Lipinski definition) is 3. The lowest BCUT2D eigenvalue weighted by Gasteiger charge is -2.39. The molecule has 0 saturated heterocycles. The first-order chi connectivity index (χ1) is 13.2. The van der Waals surface area contributed by atoms with E-state index in [1.807, 2.05) is 0 Å². The molecule has 1 atom stereocenters. The standard InChI is InChI=1S/C16H36N.C6H13O4P/c1-5-9-13-17(14-10-6-2,15-11-7-3)16-12-8-4;1-6(5-7)3-2-4-11(8,9)10/h5-16H2,1-4H3;3,7H,2,4-5H2,1H3,(H2,8,9,10)/q+1;/p-1/b;6-3-. The van der Waals surface area contributed by atoms with Gasteiger partial charge in [-0.2, -0.15) is 0 Å². The Bertz CT molecular complexity index is 383. The summed E-state index contributed by atoms with van der Waals surface area (Å²) in [5, 5.41) is 8.49. The van der Waals surface area contributed by atoms with Crippen molar-refractivity contribution in [2.75, 3.05) is 38.9 Å². The Kier molecular flexibility index (Phi) is 20.2. The van der Waals surface area contributed by atoms with Gasteiger partial charge in [0.1, 0.15) is 7.60 Å². The summed E-state index contributed by atoms with van der Waals surface area (Å²) in [6.07, 6.45) is 12.6. The van der Waals surface area contributed by atoms with Crippen LogP contribution in [0.1, 0.15) is 92.4 Å². The van der Waals surface area contributed by atoms with Gasteiger partial charge in [-0.1, -0.05) is 65.0 Å². The largest absolute Gasteiger partial charge is 0.779 e. The highest BCUT2D eigenvalue weighted by Gasteiger charge is 2.24. The topological polar surface area (TPSA) is 80.6 Å². The Morgan fingerprint density at radius 3 is 1.50 bits per heavy atom. The van der Waals surface area contributed by atoms with E-state index in [0.29, 0.717) is 5.57 Å². The number of unbranched alkanes of at least 4 members (excludes halogenated alkanes) is 4. The lowest BCUT2D eigenvalue weighted by molar-refractivity contribution is -0.929. The smallest absolute Gasteiger partial charge is 0.132 e. The molecule has 28 heavy (non-hydrogen) atoms. The maximum atomic E-state index is 10.2. The minimum Gasteiger partial charge on any atom is -0.779 e. The van der Waals surface area contributed by atoms with Crippen LogP contribution in [0.15, 0.2) is 11.6 Å². The summed E-state index contributed by atoms with van der Waals surface area (Å²) in [7, 11) is -4.11. The third-order valence-electron chi connectivity index (χ3n) is 5.10. The Balaban J connectivity index is 0. The summed E-state index contributed by atoms with van der Waals surface area (Å²) in [6.45, 7) is 16.6. The quantitative estimate of drug-likeness (QED) is 0.212. The summed E-state index contributed by atoms with van der Waals surface area (Å²) in [5.74, 6) is 0. The molecule has 0 rings (SSSR count). The number of aliphatic hydroxyl groups is 1. The molecule has 0 heterocycles. The number of aliphatic hydroxyl groups excluding tert-OH is 1. The lowest BCUT2D eigenvalue weighted by Crippen LogP contribution is -2.50. The Hall–Kier alpha value is -0.190. The van der Waals surface area contributed by atoms with Gasteiger partial charge in [0, 0.05) is 6.16 Å². The molecular formula is C22H48NO4P. The minimum atomic E-state index is -4.11. The molecule has 2 N–H and O–H groups in total. The molecule has 0 aromatic rings. The molecule has 0 aromatic carbocycles. The van der Waals surface area contributed by atoms with E-state index < -0.39 is 7.60 Å². The molecule has 0 aliphatic rings. The zero-order valence-electron chi connectivity index (χ0n) is 19.3. The van der Waals surface area contributed by atoms with Gasteiger partial charge in [0.15, 0.2) is 0 Å². The second-order valence-electron chi connectivity index (χ2n) is 8.01. The number of allylic oxidation sites excluding steroid dienone is 1. The molecule has 170 valence electrons. The maximum Gasteiger partial charge on any atom is 0.132 e. The molecular weight excluding hydrogens is 373 g/mol. The number of quaternary nitrogens is 1. The summed E-state index contributed by atoms with van der Waals surface area (Å²) >= 11 is 0. The van der Waals surface area contributed by atoms with Crippen LogP contribution in [0.5, 0.6) is 0 Å². The van der Waals surface area contributed by atoms with Gasteiger partial charge in [0.25, 0.3) is 0 Å². The van der Waals surface area contributed by atoms with Crippen molar-refractivity contribution in [2.45, 2.75) is 92.4 Å². The van der Waals surface area contributed by atoms with Crippen molar-refractivity contribution < 1.29 is 23.9 Å². The number of hydrogen-bond donors (Lipinski definition) is 2. The van der Waals surface area contributed by atoms with Crippen molar-refractivity contribution in [2.24, 2.45) is 0 Å². The monoisotopic (exact) mass is 421 g/mol. The first kappa shape index (κ1) is 30.0. The Morgan fingerprint density at radius 1 is 0.893 bits per heavy atom. The number of rotatable bonds is 16. The molecule has 0 amide bonds. The van der Waals surface area contributed by atoms with Gasteiger partial charge < -0.3 is 23.9 Å². The molecule has 0 aliphatic heterocycles. The predicted octanol–water partition coefficient (Wildman–Crippen LogP) is 4.86. The summed E-state index contributed by atoms with van der Waals surface area (Å²) in [5.41, 5.74) is 0.707. The van der Waals surface area contributed by atoms with Crippen LogP contribution < -0.4 is 4.89 Å². The summed E-state index contributed by atoms with van der Waals surface area (Å²) in [4.78, 5) is 18.5. The van der Waals surface area contributed by atoms with Crippen LogP contribution in [-0.2, 0) is 4.57 Å². The van der Waals surface area contributed by atoms with Crippen LogP contribution in [0.25, 0.3) is 0 Å². The highest BCUT2D eigenvalue weighted by molar-refractivity contribution is 7.50. The minimum absolute atomic E-state index is 0.0748. The van der Waals surface area contributed by atoms with Crippen LogP contribution in [0.3, 0.4) is 0 Å². The van der Waals surface area contributed by atoms with Crippen molar-refractivity contribution in [3.63, 3.8) is 0 Å². The highest BCUT2D eigenvalue weighted by Crippen LogP contribution is 2.29. The normalized spacial score (nSPS) is 14.4. The maximum absolute atomic E-state index is 10.2. The second kappa shape index (κ2) is 18.8. The van der Waals surface area contributed by atoms with Crippen molar-refractivity contribution >= 4 is 7.60 Å². The number of nitrogens with zero attached hydrogens (tertiary/aromatic N) is 1. The van der Waals surface area contributed by atoms with E-state index >= 15 is 0 Å². The predicted molar refractivity (Wildman–Crippen MR) is 120 cm³/mol. The first-order valence-electron chi connectivity index (χ1n) is 11.3.